The Kier molecular flexibility index (Phi) is 6.93. The van der Waals surface area contributed by atoms with Crippen LogP contribution in [0.25, 0.3) is 0 Å². The summed E-state index contributed by atoms with van der Waals surface area (Å²) < 4.78 is 0. The van der Waals surface area contributed by atoms with Gasteiger partial charge in [0.1, 0.15) is 0 Å². The molecule has 0 saturated heterocycles. The van der Waals surface area contributed by atoms with Gasteiger partial charge >= 0.3 is 0 Å². The predicted octanol–water partition coefficient (Wildman–Crippen LogP) is 4.21. The first-order chi connectivity index (χ1) is 8.99. The highest BCUT2D eigenvalue weighted by Crippen LogP contribution is 2.15. The van der Waals surface area contributed by atoms with E-state index < -0.39 is 0 Å². The quantitative estimate of drug-likeness (QED) is 0.797. The number of nitrogens with one attached hydrogen (secondary N) is 1. The fraction of sp³-hybridized carbons (Fsp3) is 0.562. The van der Waals surface area contributed by atoms with Crippen molar-refractivity contribution in [1.82, 2.24) is 5.32 Å². The van der Waals surface area contributed by atoms with Gasteiger partial charge in [0.25, 0.3) is 0 Å². The molecule has 0 aromatic heterocycles. The normalized spacial score (nSPS) is 12.5. The molecule has 1 amide bonds. The van der Waals surface area contributed by atoms with Crippen molar-refractivity contribution in [2.75, 3.05) is 0 Å². The third-order valence-electron chi connectivity index (χ3n) is 3.13. The Hall–Kier alpha value is -1.02. The first-order valence-corrected chi connectivity index (χ1v) is 7.39. The molecule has 0 heterocycles. The van der Waals surface area contributed by atoms with Gasteiger partial charge in [0.2, 0.25) is 5.91 Å². The molecule has 0 bridgehead atoms. The molecule has 0 aliphatic rings. The number of carbonyl (C=O) groups is 1. The molecule has 1 aromatic rings. The standard InChI is InChI=1S/C16H24ClNO/c1-12(2)7-6-8-13(3)18-16(19)11-14-9-4-5-10-15(14)17/h4-5,9-10,12-13H,6-8,11H2,1-3H3,(H,18,19). The van der Waals surface area contributed by atoms with Crippen LogP contribution >= 0.6 is 11.6 Å². The fourth-order valence-electron chi connectivity index (χ4n) is 2.05. The molecule has 0 radical (unpaired) electrons. The number of benzene rings is 1. The van der Waals surface area contributed by atoms with Gasteiger partial charge in [-0.3, -0.25) is 4.79 Å². The summed E-state index contributed by atoms with van der Waals surface area (Å²) in [6, 6.07) is 7.72. The van der Waals surface area contributed by atoms with Crippen molar-refractivity contribution in [2.24, 2.45) is 5.92 Å². The molecule has 2 nitrogen and oxygen atoms in total. The van der Waals surface area contributed by atoms with E-state index in [1.165, 1.54) is 6.42 Å². The van der Waals surface area contributed by atoms with Crippen LogP contribution in [0.15, 0.2) is 24.3 Å². The summed E-state index contributed by atoms with van der Waals surface area (Å²) in [6.45, 7) is 6.51. The molecular weight excluding hydrogens is 258 g/mol. The van der Waals surface area contributed by atoms with E-state index in [4.69, 9.17) is 11.6 Å². The third-order valence-corrected chi connectivity index (χ3v) is 3.50. The lowest BCUT2D eigenvalue weighted by Gasteiger charge is -2.14. The second kappa shape index (κ2) is 8.21. The monoisotopic (exact) mass is 281 g/mol. The molecular formula is C16H24ClNO. The van der Waals surface area contributed by atoms with Crippen LogP contribution in [0, 0.1) is 5.92 Å². The van der Waals surface area contributed by atoms with Gasteiger partial charge in [-0.05, 0) is 30.9 Å². The van der Waals surface area contributed by atoms with Crippen molar-refractivity contribution in [2.45, 2.75) is 52.5 Å². The number of rotatable bonds is 7. The Morgan fingerprint density at radius 1 is 1.21 bits per heavy atom. The second-order valence-electron chi connectivity index (χ2n) is 5.56. The Bertz CT molecular complexity index is 403. The summed E-state index contributed by atoms with van der Waals surface area (Å²) in [5.41, 5.74) is 0.885. The zero-order valence-corrected chi connectivity index (χ0v) is 12.8. The van der Waals surface area contributed by atoms with E-state index in [-0.39, 0.29) is 11.9 Å². The summed E-state index contributed by atoms with van der Waals surface area (Å²) in [5, 5.41) is 3.69. The van der Waals surface area contributed by atoms with E-state index in [1.807, 2.05) is 24.3 Å². The van der Waals surface area contributed by atoms with Crippen molar-refractivity contribution in [3.8, 4) is 0 Å². The van der Waals surface area contributed by atoms with Gasteiger partial charge in [0, 0.05) is 11.1 Å². The van der Waals surface area contributed by atoms with E-state index in [2.05, 4.69) is 26.1 Å². The van der Waals surface area contributed by atoms with Gasteiger partial charge in [-0.1, -0.05) is 56.5 Å². The van der Waals surface area contributed by atoms with Crippen LogP contribution in [0.1, 0.15) is 45.6 Å². The minimum absolute atomic E-state index is 0.0464. The van der Waals surface area contributed by atoms with Crippen LogP contribution in [-0.2, 0) is 11.2 Å². The Balaban J connectivity index is 2.33. The van der Waals surface area contributed by atoms with Gasteiger partial charge in [0.05, 0.1) is 6.42 Å². The molecule has 1 aromatic carbocycles. The molecule has 1 atom stereocenters. The van der Waals surface area contributed by atoms with Crippen molar-refractivity contribution in [3.63, 3.8) is 0 Å². The van der Waals surface area contributed by atoms with Gasteiger partial charge in [-0.2, -0.15) is 0 Å². The van der Waals surface area contributed by atoms with Crippen LogP contribution in [-0.4, -0.2) is 11.9 Å². The lowest BCUT2D eigenvalue weighted by molar-refractivity contribution is -0.121. The van der Waals surface area contributed by atoms with E-state index >= 15 is 0 Å². The Morgan fingerprint density at radius 2 is 1.89 bits per heavy atom. The molecule has 106 valence electrons. The van der Waals surface area contributed by atoms with E-state index in [0.29, 0.717) is 11.4 Å². The molecule has 0 aliphatic carbocycles. The molecule has 0 saturated carbocycles. The van der Waals surface area contributed by atoms with Crippen LogP contribution in [0.5, 0.6) is 0 Å². The molecule has 1 N–H and O–H groups in total. The van der Waals surface area contributed by atoms with Gasteiger partial charge < -0.3 is 5.32 Å². The smallest absolute Gasteiger partial charge is 0.224 e. The van der Waals surface area contributed by atoms with Gasteiger partial charge in [-0.15, -0.1) is 0 Å². The highest BCUT2D eigenvalue weighted by Gasteiger charge is 2.10. The minimum atomic E-state index is 0.0464. The van der Waals surface area contributed by atoms with Crippen LogP contribution < -0.4 is 5.32 Å². The number of carbonyl (C=O) groups excluding carboxylic acids is 1. The molecule has 19 heavy (non-hydrogen) atoms. The average molecular weight is 282 g/mol. The summed E-state index contributed by atoms with van der Waals surface area (Å²) in [4.78, 5) is 11.9. The summed E-state index contributed by atoms with van der Waals surface area (Å²) >= 11 is 6.04. The fourth-order valence-corrected chi connectivity index (χ4v) is 2.25. The Morgan fingerprint density at radius 3 is 2.53 bits per heavy atom. The van der Waals surface area contributed by atoms with Crippen LogP contribution in [0.4, 0.5) is 0 Å². The molecule has 1 rings (SSSR count). The van der Waals surface area contributed by atoms with Crippen molar-refractivity contribution >= 4 is 17.5 Å². The molecule has 0 aliphatic heterocycles. The van der Waals surface area contributed by atoms with Crippen molar-refractivity contribution in [1.29, 1.82) is 0 Å². The number of hydrogen-bond acceptors (Lipinski definition) is 1. The second-order valence-corrected chi connectivity index (χ2v) is 5.97. The maximum Gasteiger partial charge on any atom is 0.224 e. The van der Waals surface area contributed by atoms with Crippen molar-refractivity contribution < 1.29 is 4.79 Å². The van der Waals surface area contributed by atoms with Crippen LogP contribution in [0.3, 0.4) is 0 Å². The first-order valence-electron chi connectivity index (χ1n) is 7.01. The Labute approximate surface area is 121 Å². The lowest BCUT2D eigenvalue weighted by Crippen LogP contribution is -2.33. The summed E-state index contributed by atoms with van der Waals surface area (Å²) in [6.07, 6.45) is 3.76. The molecule has 1 unspecified atom stereocenters. The highest BCUT2D eigenvalue weighted by molar-refractivity contribution is 6.31. The maximum atomic E-state index is 11.9. The molecule has 3 heteroatoms. The molecule has 0 fully saturated rings. The van der Waals surface area contributed by atoms with E-state index in [1.54, 1.807) is 0 Å². The number of hydrogen-bond donors (Lipinski definition) is 1. The van der Waals surface area contributed by atoms with Gasteiger partial charge in [-0.25, -0.2) is 0 Å². The number of amides is 1. The number of halogens is 1. The average Bonchev–Trinajstić information content (AvgIpc) is 2.31. The van der Waals surface area contributed by atoms with E-state index in [0.717, 1.165) is 24.3 Å². The SMILES string of the molecule is CC(C)CCCC(C)NC(=O)Cc1ccccc1Cl. The van der Waals surface area contributed by atoms with Gasteiger partial charge in [0.15, 0.2) is 0 Å². The highest BCUT2D eigenvalue weighted by atomic mass is 35.5. The predicted molar refractivity (Wildman–Crippen MR) is 81.4 cm³/mol. The maximum absolute atomic E-state index is 11.9. The zero-order valence-electron chi connectivity index (χ0n) is 12.1. The first kappa shape index (κ1) is 16.0. The van der Waals surface area contributed by atoms with Crippen LogP contribution in [0.2, 0.25) is 5.02 Å². The largest absolute Gasteiger partial charge is 0.353 e. The summed E-state index contributed by atoms with van der Waals surface area (Å²) in [5.74, 6) is 0.774. The summed E-state index contributed by atoms with van der Waals surface area (Å²) in [7, 11) is 0. The molecule has 0 spiro atoms. The zero-order chi connectivity index (χ0) is 14.3. The van der Waals surface area contributed by atoms with Crippen molar-refractivity contribution in [3.05, 3.63) is 34.9 Å². The topological polar surface area (TPSA) is 29.1 Å². The third kappa shape index (κ3) is 6.63. The lowest BCUT2D eigenvalue weighted by atomic mass is 10.0. The minimum Gasteiger partial charge on any atom is -0.353 e. The van der Waals surface area contributed by atoms with E-state index in [9.17, 15) is 4.79 Å².